The number of aryl methyl sites for hydroxylation is 1. The first-order valence-electron chi connectivity index (χ1n) is 10.6. The average molecular weight is 474 g/mol. The van der Waals surface area contributed by atoms with E-state index in [0.29, 0.717) is 25.8 Å². The monoisotopic (exact) mass is 474 g/mol. The Bertz CT molecular complexity index is 1190. The summed E-state index contributed by atoms with van der Waals surface area (Å²) in [5.41, 5.74) is 10.3. The number of hydrogen-bond donors (Lipinski definition) is 2. The molecule has 2 fully saturated rings. The zero-order valence-corrected chi connectivity index (χ0v) is 17.8. The number of alkyl halides is 3. The van der Waals surface area contributed by atoms with Gasteiger partial charge in [0, 0.05) is 48.2 Å². The highest BCUT2D eigenvalue weighted by molar-refractivity contribution is 5.93. The summed E-state index contributed by atoms with van der Waals surface area (Å²) in [7, 11) is 0. The fraction of sp³-hybridized carbons (Fsp3) is 0.524. The van der Waals surface area contributed by atoms with Crippen molar-refractivity contribution in [1.29, 1.82) is 0 Å². The van der Waals surface area contributed by atoms with E-state index in [4.69, 9.17) is 11.5 Å². The van der Waals surface area contributed by atoms with Gasteiger partial charge in [0.25, 0.3) is 5.56 Å². The molecule has 12 heteroatoms. The number of fused-ring (bicyclic) bond motifs is 1. The summed E-state index contributed by atoms with van der Waals surface area (Å²) in [4.78, 5) is 26.4. The topological polar surface area (TPSA) is 104 Å². The molecular weight excluding hydrogens is 451 g/mol. The minimum Gasteiger partial charge on any atom is -0.414 e. The van der Waals surface area contributed by atoms with Gasteiger partial charge in [-0.1, -0.05) is 0 Å². The number of ether oxygens (including phenoxy) is 1. The van der Waals surface area contributed by atoms with Crippen molar-refractivity contribution in [3.8, 4) is 5.75 Å². The molecule has 1 aromatic heterocycles. The van der Waals surface area contributed by atoms with Crippen LogP contribution in [0.1, 0.15) is 42.9 Å². The maximum absolute atomic E-state index is 15.5. The molecule has 4 rings (SSSR count). The first-order valence-corrected chi connectivity index (χ1v) is 10.6. The molecule has 4 N–H and O–H groups in total. The molecule has 0 amide bonds. The number of rotatable bonds is 4. The van der Waals surface area contributed by atoms with E-state index in [2.05, 4.69) is 4.74 Å². The molecule has 0 spiro atoms. The highest BCUT2D eigenvalue weighted by Gasteiger charge is 2.43. The molecule has 0 radical (unpaired) electrons. The Morgan fingerprint density at radius 1 is 1.18 bits per heavy atom. The van der Waals surface area contributed by atoms with E-state index in [1.165, 1.54) is 6.92 Å². The smallest absolute Gasteiger partial charge is 0.414 e. The van der Waals surface area contributed by atoms with Crippen molar-refractivity contribution in [2.24, 2.45) is 11.5 Å². The van der Waals surface area contributed by atoms with Gasteiger partial charge < -0.3 is 25.7 Å². The van der Waals surface area contributed by atoms with Crippen molar-refractivity contribution in [3.05, 3.63) is 33.1 Å². The lowest BCUT2D eigenvalue weighted by molar-refractivity contribution is -0.189. The lowest BCUT2D eigenvalue weighted by Gasteiger charge is -2.32. The number of aromatic nitrogens is 1. The maximum atomic E-state index is 15.5. The molecule has 2 heterocycles. The zero-order chi connectivity index (χ0) is 24.2. The summed E-state index contributed by atoms with van der Waals surface area (Å²) >= 11 is 0. The third kappa shape index (κ3) is 3.74. The molecule has 2 aromatic rings. The average Bonchev–Trinajstić information content (AvgIpc) is 3.12. The summed E-state index contributed by atoms with van der Waals surface area (Å²) in [6.45, 7) is 1.52. The number of benzene rings is 1. The van der Waals surface area contributed by atoms with Crippen LogP contribution in [-0.2, 0) is 11.3 Å². The van der Waals surface area contributed by atoms with Crippen LogP contribution in [0.25, 0.3) is 10.9 Å². The van der Waals surface area contributed by atoms with Gasteiger partial charge in [0.05, 0.1) is 11.2 Å². The van der Waals surface area contributed by atoms with Crippen LogP contribution in [0.5, 0.6) is 5.75 Å². The third-order valence-corrected chi connectivity index (χ3v) is 6.41. The van der Waals surface area contributed by atoms with Gasteiger partial charge in [0.1, 0.15) is 0 Å². The summed E-state index contributed by atoms with van der Waals surface area (Å²) in [6, 6.07) is -0.701. The van der Waals surface area contributed by atoms with Crippen molar-refractivity contribution in [2.45, 2.75) is 57.4 Å². The lowest BCUT2D eigenvalue weighted by atomic mass is 9.91. The van der Waals surface area contributed by atoms with Crippen LogP contribution in [0, 0.1) is 18.6 Å². The van der Waals surface area contributed by atoms with Crippen molar-refractivity contribution < 1.29 is 31.5 Å². The van der Waals surface area contributed by atoms with Crippen molar-refractivity contribution in [3.63, 3.8) is 0 Å². The van der Waals surface area contributed by atoms with Gasteiger partial charge in [-0.2, -0.15) is 13.2 Å². The fourth-order valence-electron chi connectivity index (χ4n) is 4.62. The van der Waals surface area contributed by atoms with E-state index >= 15 is 8.78 Å². The van der Waals surface area contributed by atoms with Crippen LogP contribution < -0.4 is 26.7 Å². The van der Waals surface area contributed by atoms with Gasteiger partial charge in [0.15, 0.2) is 11.6 Å². The number of esters is 1. The molecule has 1 atom stereocenters. The third-order valence-electron chi connectivity index (χ3n) is 6.41. The van der Waals surface area contributed by atoms with Gasteiger partial charge in [0.2, 0.25) is 5.75 Å². The summed E-state index contributed by atoms with van der Waals surface area (Å²) < 4.78 is 74.9. The molecule has 0 bridgehead atoms. The van der Waals surface area contributed by atoms with Gasteiger partial charge in [-0.15, -0.1) is 0 Å². The SMILES string of the molecule is Cc1c(N2CC[C@H](N)C2)c(F)c(F)c2c(CN)c(OC(=O)C(F)(F)F)c(=O)n(C3CCC3)c12. The molecule has 7 nitrogen and oxygen atoms in total. The van der Waals surface area contributed by atoms with E-state index in [1.54, 1.807) is 4.90 Å². The highest BCUT2D eigenvalue weighted by atomic mass is 19.4. The Morgan fingerprint density at radius 2 is 1.85 bits per heavy atom. The van der Waals surface area contributed by atoms with Crippen molar-refractivity contribution >= 4 is 22.6 Å². The molecule has 1 aromatic carbocycles. The largest absolute Gasteiger partial charge is 0.491 e. The number of halogens is 5. The van der Waals surface area contributed by atoms with Crippen LogP contribution >= 0.6 is 0 Å². The second-order valence-electron chi connectivity index (χ2n) is 8.48. The molecule has 33 heavy (non-hydrogen) atoms. The number of carbonyl (C=O) groups excluding carboxylic acids is 1. The first-order chi connectivity index (χ1) is 15.5. The summed E-state index contributed by atoms with van der Waals surface area (Å²) in [5, 5.41) is -0.462. The van der Waals surface area contributed by atoms with E-state index in [9.17, 15) is 22.8 Å². The lowest BCUT2D eigenvalue weighted by Crippen LogP contribution is -2.36. The molecule has 2 aliphatic rings. The molecule has 180 valence electrons. The van der Waals surface area contributed by atoms with Crippen LogP contribution in [0.15, 0.2) is 4.79 Å². The molecular formula is C21H23F5N4O3. The number of anilines is 1. The fourth-order valence-corrected chi connectivity index (χ4v) is 4.62. The van der Waals surface area contributed by atoms with Gasteiger partial charge >= 0.3 is 12.1 Å². The Kier molecular flexibility index (Phi) is 5.85. The van der Waals surface area contributed by atoms with E-state index < -0.39 is 58.6 Å². The molecule has 1 aliphatic heterocycles. The van der Waals surface area contributed by atoms with Crippen LogP contribution in [0.2, 0.25) is 0 Å². The van der Waals surface area contributed by atoms with E-state index in [0.717, 1.165) is 11.0 Å². The maximum Gasteiger partial charge on any atom is 0.491 e. The van der Waals surface area contributed by atoms with Crippen molar-refractivity contribution in [1.82, 2.24) is 4.57 Å². The normalized spacial score (nSPS) is 19.3. The van der Waals surface area contributed by atoms with Gasteiger partial charge in [-0.25, -0.2) is 13.6 Å². The van der Waals surface area contributed by atoms with Gasteiger partial charge in [-0.05, 0) is 32.6 Å². The molecule has 1 aliphatic carbocycles. The van der Waals surface area contributed by atoms with E-state index in [-0.39, 0.29) is 29.4 Å². The second-order valence-corrected chi connectivity index (χ2v) is 8.48. The predicted octanol–water partition coefficient (Wildman–Crippen LogP) is 2.78. The standard InChI is InChI=1S/C21H23F5N4O3/c1-9-16-13(14(22)15(23)17(9)29-6-5-10(28)8-29)12(7-27)18(33-20(32)21(24,25)26)19(31)30(16)11-3-2-4-11/h10-11H,2-8,27-28H2,1H3/t10-/m0/s1. The minimum absolute atomic E-state index is 0.0336. The Labute approximate surface area is 185 Å². The Morgan fingerprint density at radius 3 is 2.33 bits per heavy atom. The minimum atomic E-state index is -5.40. The zero-order valence-electron chi connectivity index (χ0n) is 17.8. The number of hydrogen-bond acceptors (Lipinski definition) is 6. The Hall–Kier alpha value is -2.73. The quantitative estimate of drug-likeness (QED) is 0.522. The first kappa shape index (κ1) is 23.4. The molecule has 1 saturated carbocycles. The molecule has 0 unspecified atom stereocenters. The summed E-state index contributed by atoms with van der Waals surface area (Å²) in [5.74, 6) is -6.28. The number of carbonyl (C=O) groups is 1. The summed E-state index contributed by atoms with van der Waals surface area (Å²) in [6.07, 6.45) is -3.08. The van der Waals surface area contributed by atoms with Crippen LogP contribution in [0.4, 0.5) is 27.6 Å². The second kappa shape index (κ2) is 8.24. The Balaban J connectivity index is 2.08. The van der Waals surface area contributed by atoms with Crippen LogP contribution in [0.3, 0.4) is 0 Å². The molecule has 1 saturated heterocycles. The van der Waals surface area contributed by atoms with Crippen molar-refractivity contribution in [2.75, 3.05) is 18.0 Å². The number of nitrogens with zero attached hydrogens (tertiary/aromatic N) is 2. The van der Waals surface area contributed by atoms with Gasteiger partial charge in [-0.3, -0.25) is 4.79 Å². The highest BCUT2D eigenvalue weighted by Crippen LogP contribution is 2.42. The number of pyridine rings is 1. The number of nitrogens with two attached hydrogens (primary N) is 2. The predicted molar refractivity (Wildman–Crippen MR) is 110 cm³/mol. The van der Waals surface area contributed by atoms with E-state index in [1.807, 2.05) is 0 Å². The van der Waals surface area contributed by atoms with Crippen LogP contribution in [-0.4, -0.2) is 35.8 Å².